The van der Waals surface area contributed by atoms with Crippen molar-refractivity contribution in [2.45, 2.75) is 0 Å². The lowest BCUT2D eigenvalue weighted by Crippen LogP contribution is -2.32. The summed E-state index contributed by atoms with van der Waals surface area (Å²) >= 11 is 0. The van der Waals surface area contributed by atoms with Crippen LogP contribution in [0.15, 0.2) is 16.8 Å². The SMILES string of the molecule is O=C(O)CNC(=O)Nc1ccno1. The number of amides is 2. The molecule has 3 N–H and O–H groups in total. The standard InChI is InChI=1S/C6H7N3O4/c10-5(11)3-7-6(12)9-4-1-2-8-13-4/h1-2H,3H2,(H,10,11)(H2,7,9,12). The van der Waals surface area contributed by atoms with Crippen molar-refractivity contribution in [3.63, 3.8) is 0 Å². The Morgan fingerprint density at radius 3 is 2.92 bits per heavy atom. The molecule has 1 heterocycles. The molecule has 7 nitrogen and oxygen atoms in total. The molecule has 0 aromatic carbocycles. The highest BCUT2D eigenvalue weighted by Gasteiger charge is 2.04. The Bertz CT molecular complexity index is 295. The molecule has 7 heteroatoms. The molecule has 0 radical (unpaired) electrons. The topological polar surface area (TPSA) is 104 Å². The molecule has 1 aromatic rings. The number of carboxylic acid groups (broad SMARTS) is 1. The third-order valence-corrected chi connectivity index (χ3v) is 1.07. The van der Waals surface area contributed by atoms with E-state index in [2.05, 4.69) is 20.3 Å². The van der Waals surface area contributed by atoms with E-state index >= 15 is 0 Å². The van der Waals surface area contributed by atoms with Gasteiger partial charge in [-0.2, -0.15) is 0 Å². The molecule has 1 rings (SSSR count). The zero-order valence-corrected chi connectivity index (χ0v) is 6.48. The van der Waals surface area contributed by atoms with Crippen molar-refractivity contribution >= 4 is 17.9 Å². The summed E-state index contributed by atoms with van der Waals surface area (Å²) in [6.07, 6.45) is 1.35. The average molecular weight is 185 g/mol. The maximum atomic E-state index is 10.8. The zero-order valence-electron chi connectivity index (χ0n) is 6.48. The molecule has 0 atom stereocenters. The van der Waals surface area contributed by atoms with E-state index in [0.29, 0.717) is 0 Å². The highest BCUT2D eigenvalue weighted by atomic mass is 16.5. The molecule has 70 valence electrons. The first kappa shape index (κ1) is 9.04. The maximum absolute atomic E-state index is 10.8. The van der Waals surface area contributed by atoms with Crippen LogP contribution in [0.5, 0.6) is 0 Å². The van der Waals surface area contributed by atoms with Gasteiger partial charge in [0.25, 0.3) is 0 Å². The Balaban J connectivity index is 2.30. The largest absolute Gasteiger partial charge is 0.480 e. The number of urea groups is 1. The van der Waals surface area contributed by atoms with E-state index in [1.165, 1.54) is 12.3 Å². The van der Waals surface area contributed by atoms with Gasteiger partial charge in [-0.25, -0.2) is 4.79 Å². The van der Waals surface area contributed by atoms with Crippen LogP contribution >= 0.6 is 0 Å². The van der Waals surface area contributed by atoms with Crippen LogP contribution in [0.3, 0.4) is 0 Å². The Morgan fingerprint density at radius 2 is 2.38 bits per heavy atom. The lowest BCUT2D eigenvalue weighted by molar-refractivity contribution is -0.135. The van der Waals surface area contributed by atoms with Crippen LogP contribution in [-0.2, 0) is 4.79 Å². The monoisotopic (exact) mass is 185 g/mol. The van der Waals surface area contributed by atoms with Crippen LogP contribution in [0.4, 0.5) is 10.7 Å². The van der Waals surface area contributed by atoms with Gasteiger partial charge in [0.2, 0.25) is 5.88 Å². The number of aromatic nitrogens is 1. The molecular weight excluding hydrogens is 178 g/mol. The predicted molar refractivity (Wildman–Crippen MR) is 41.2 cm³/mol. The summed E-state index contributed by atoms with van der Waals surface area (Å²) in [5.74, 6) is -0.962. The van der Waals surface area contributed by atoms with Crippen LogP contribution in [0.25, 0.3) is 0 Å². The molecule has 1 aromatic heterocycles. The van der Waals surface area contributed by atoms with E-state index in [4.69, 9.17) is 5.11 Å². The van der Waals surface area contributed by atoms with E-state index in [0.717, 1.165) is 0 Å². The minimum absolute atomic E-state index is 0.155. The first-order valence-electron chi connectivity index (χ1n) is 3.36. The van der Waals surface area contributed by atoms with Gasteiger partial charge in [-0.1, -0.05) is 5.16 Å². The fraction of sp³-hybridized carbons (Fsp3) is 0.167. The minimum Gasteiger partial charge on any atom is -0.480 e. The van der Waals surface area contributed by atoms with E-state index in [1.807, 2.05) is 0 Å². The normalized spacial score (nSPS) is 9.23. The average Bonchev–Trinajstić information content (AvgIpc) is 2.53. The Kier molecular flexibility index (Phi) is 2.85. The van der Waals surface area contributed by atoms with Gasteiger partial charge in [-0.15, -0.1) is 0 Å². The van der Waals surface area contributed by atoms with Crippen molar-refractivity contribution in [1.82, 2.24) is 10.5 Å². The summed E-state index contributed by atoms with van der Waals surface area (Å²) in [6.45, 7) is -0.444. The quantitative estimate of drug-likeness (QED) is 0.608. The molecular formula is C6H7N3O4. The lowest BCUT2D eigenvalue weighted by Gasteiger charge is -2.00. The van der Waals surface area contributed by atoms with Crippen molar-refractivity contribution in [3.05, 3.63) is 12.3 Å². The summed E-state index contributed by atoms with van der Waals surface area (Å²) < 4.78 is 4.54. The molecule has 0 aliphatic carbocycles. The van der Waals surface area contributed by atoms with Crippen LogP contribution in [0.1, 0.15) is 0 Å². The fourth-order valence-electron chi connectivity index (χ4n) is 0.592. The number of aliphatic carboxylic acids is 1. The second-order valence-corrected chi connectivity index (χ2v) is 2.08. The lowest BCUT2D eigenvalue weighted by atomic mass is 10.6. The van der Waals surface area contributed by atoms with Crippen molar-refractivity contribution in [2.24, 2.45) is 0 Å². The van der Waals surface area contributed by atoms with Gasteiger partial charge >= 0.3 is 12.0 Å². The Morgan fingerprint density at radius 1 is 1.62 bits per heavy atom. The molecule has 0 aliphatic rings. The molecule has 0 fully saturated rings. The van der Waals surface area contributed by atoms with E-state index in [-0.39, 0.29) is 5.88 Å². The molecule has 0 bridgehead atoms. The second-order valence-electron chi connectivity index (χ2n) is 2.08. The summed E-state index contributed by atoms with van der Waals surface area (Å²) in [5, 5.41) is 15.9. The number of carbonyl (C=O) groups is 2. The highest BCUT2D eigenvalue weighted by molar-refractivity contribution is 5.89. The van der Waals surface area contributed by atoms with Gasteiger partial charge in [0.05, 0.1) is 6.20 Å². The Labute approximate surface area is 72.7 Å². The van der Waals surface area contributed by atoms with Gasteiger partial charge in [-0.05, 0) is 0 Å². The predicted octanol–water partition coefficient (Wildman–Crippen LogP) is -0.119. The smallest absolute Gasteiger partial charge is 0.323 e. The molecule has 0 aliphatic heterocycles. The summed E-state index contributed by atoms with van der Waals surface area (Å²) in [7, 11) is 0. The molecule has 2 amide bonds. The minimum atomic E-state index is -1.12. The van der Waals surface area contributed by atoms with Gasteiger partial charge < -0.3 is 14.9 Å². The van der Waals surface area contributed by atoms with E-state index < -0.39 is 18.5 Å². The number of carboxylic acids is 1. The van der Waals surface area contributed by atoms with Crippen LogP contribution < -0.4 is 10.6 Å². The summed E-state index contributed by atoms with van der Waals surface area (Å²) in [4.78, 5) is 20.9. The third kappa shape index (κ3) is 3.23. The van der Waals surface area contributed by atoms with Crippen molar-refractivity contribution in [2.75, 3.05) is 11.9 Å². The number of hydrogen-bond acceptors (Lipinski definition) is 4. The highest BCUT2D eigenvalue weighted by Crippen LogP contribution is 2.01. The fourth-order valence-corrected chi connectivity index (χ4v) is 0.592. The number of anilines is 1. The first-order valence-corrected chi connectivity index (χ1v) is 3.36. The number of nitrogens with one attached hydrogen (secondary N) is 2. The van der Waals surface area contributed by atoms with Crippen LogP contribution in [0.2, 0.25) is 0 Å². The molecule has 0 spiro atoms. The maximum Gasteiger partial charge on any atom is 0.323 e. The van der Waals surface area contributed by atoms with E-state index in [1.54, 1.807) is 0 Å². The molecule has 0 saturated carbocycles. The molecule has 0 saturated heterocycles. The number of carbonyl (C=O) groups excluding carboxylic acids is 1. The second kappa shape index (κ2) is 4.10. The summed E-state index contributed by atoms with van der Waals surface area (Å²) in [6, 6.07) is 0.777. The number of nitrogens with zero attached hydrogens (tertiary/aromatic N) is 1. The van der Waals surface area contributed by atoms with Crippen LogP contribution in [0, 0.1) is 0 Å². The summed E-state index contributed by atoms with van der Waals surface area (Å²) in [5.41, 5.74) is 0. The first-order chi connectivity index (χ1) is 6.18. The van der Waals surface area contributed by atoms with Gasteiger partial charge in [0.1, 0.15) is 6.54 Å². The van der Waals surface area contributed by atoms with Gasteiger partial charge in [-0.3, -0.25) is 10.1 Å². The number of hydrogen-bond donors (Lipinski definition) is 3. The molecule has 13 heavy (non-hydrogen) atoms. The van der Waals surface area contributed by atoms with Crippen molar-refractivity contribution in [3.8, 4) is 0 Å². The van der Waals surface area contributed by atoms with Crippen molar-refractivity contribution in [1.29, 1.82) is 0 Å². The van der Waals surface area contributed by atoms with E-state index in [9.17, 15) is 9.59 Å². The molecule has 0 unspecified atom stereocenters. The zero-order chi connectivity index (χ0) is 9.68. The van der Waals surface area contributed by atoms with Crippen LogP contribution in [-0.4, -0.2) is 28.8 Å². The van der Waals surface area contributed by atoms with Gasteiger partial charge in [0, 0.05) is 6.07 Å². The number of rotatable bonds is 3. The third-order valence-electron chi connectivity index (χ3n) is 1.07. The van der Waals surface area contributed by atoms with Gasteiger partial charge in [0.15, 0.2) is 0 Å². The van der Waals surface area contributed by atoms with Crippen molar-refractivity contribution < 1.29 is 19.2 Å². The Hall–Kier alpha value is -2.05.